The Morgan fingerprint density at radius 3 is 2.37 bits per heavy atom. The number of rotatable bonds is 7. The minimum atomic E-state index is 0.429. The first-order valence-electron chi connectivity index (χ1n) is 6.72. The summed E-state index contributed by atoms with van der Waals surface area (Å²) in [6.45, 7) is 12.1. The van der Waals surface area contributed by atoms with Gasteiger partial charge in [0.25, 0.3) is 0 Å². The van der Waals surface area contributed by atoms with E-state index in [4.69, 9.17) is 16.3 Å². The molecule has 0 amide bonds. The van der Waals surface area contributed by atoms with Gasteiger partial charge in [-0.25, -0.2) is 9.97 Å². The van der Waals surface area contributed by atoms with Crippen LogP contribution in [0.25, 0.3) is 0 Å². The van der Waals surface area contributed by atoms with Crippen molar-refractivity contribution in [1.82, 2.24) is 14.9 Å². The van der Waals surface area contributed by atoms with Crippen molar-refractivity contribution in [3.05, 3.63) is 17.5 Å². The highest BCUT2D eigenvalue weighted by Crippen LogP contribution is 2.11. The van der Waals surface area contributed by atoms with Gasteiger partial charge in [0.05, 0.1) is 5.88 Å². The topological polar surface area (TPSA) is 38.2 Å². The van der Waals surface area contributed by atoms with Crippen LogP contribution in [0.5, 0.6) is 6.01 Å². The van der Waals surface area contributed by atoms with Crippen LogP contribution in [-0.2, 0) is 5.88 Å². The summed E-state index contributed by atoms with van der Waals surface area (Å²) in [5.74, 6) is 0.431. The van der Waals surface area contributed by atoms with Gasteiger partial charge in [0.2, 0.25) is 0 Å². The lowest BCUT2D eigenvalue weighted by Gasteiger charge is -2.30. The zero-order valence-corrected chi connectivity index (χ0v) is 13.2. The Morgan fingerprint density at radius 2 is 1.89 bits per heavy atom. The van der Waals surface area contributed by atoms with Crippen molar-refractivity contribution in [2.45, 2.75) is 52.6 Å². The first kappa shape index (κ1) is 16.2. The number of nitrogens with zero attached hydrogens (tertiary/aromatic N) is 3. The molecule has 1 aromatic heterocycles. The summed E-state index contributed by atoms with van der Waals surface area (Å²) in [5, 5.41) is 0. The Bertz CT molecular complexity index is 388. The minimum absolute atomic E-state index is 0.429. The van der Waals surface area contributed by atoms with Crippen molar-refractivity contribution in [3.8, 4) is 6.01 Å². The monoisotopic (exact) mass is 285 g/mol. The molecule has 0 saturated carbocycles. The van der Waals surface area contributed by atoms with Crippen LogP contribution < -0.4 is 4.74 Å². The van der Waals surface area contributed by atoms with Crippen molar-refractivity contribution in [2.24, 2.45) is 0 Å². The van der Waals surface area contributed by atoms with Gasteiger partial charge in [0.1, 0.15) is 6.61 Å². The molecule has 1 aromatic rings. The third-order valence-electron chi connectivity index (χ3n) is 3.11. The third-order valence-corrected chi connectivity index (χ3v) is 3.40. The smallest absolute Gasteiger partial charge is 0.316 e. The van der Waals surface area contributed by atoms with Gasteiger partial charge in [-0.2, -0.15) is 0 Å². The molecule has 0 aliphatic rings. The van der Waals surface area contributed by atoms with Crippen molar-refractivity contribution in [1.29, 1.82) is 0 Å². The van der Waals surface area contributed by atoms with E-state index in [-0.39, 0.29) is 0 Å². The Morgan fingerprint density at radius 1 is 1.26 bits per heavy atom. The van der Waals surface area contributed by atoms with E-state index >= 15 is 0 Å². The maximum absolute atomic E-state index is 5.77. The van der Waals surface area contributed by atoms with Crippen molar-refractivity contribution < 1.29 is 4.74 Å². The number of aromatic nitrogens is 2. The SMILES string of the molecule is Cc1nc(OCCN(C(C)C)C(C)C)ncc1CCl. The fourth-order valence-electron chi connectivity index (χ4n) is 2.03. The molecule has 1 rings (SSSR count). The van der Waals surface area contributed by atoms with Crippen LogP contribution in [-0.4, -0.2) is 40.1 Å². The molecule has 0 aliphatic heterocycles. The average molecular weight is 286 g/mol. The van der Waals surface area contributed by atoms with Crippen LogP contribution in [0, 0.1) is 6.92 Å². The second-order valence-electron chi connectivity index (χ2n) is 5.17. The zero-order valence-electron chi connectivity index (χ0n) is 12.5. The highest BCUT2D eigenvalue weighted by atomic mass is 35.5. The molecule has 0 N–H and O–H groups in total. The van der Waals surface area contributed by atoms with Crippen molar-refractivity contribution >= 4 is 11.6 Å². The van der Waals surface area contributed by atoms with Crippen molar-refractivity contribution in [2.75, 3.05) is 13.2 Å². The van der Waals surface area contributed by atoms with Crippen LogP contribution in [0.2, 0.25) is 0 Å². The second kappa shape index (κ2) is 7.65. The maximum atomic E-state index is 5.77. The molecule has 4 nitrogen and oxygen atoms in total. The highest BCUT2D eigenvalue weighted by molar-refractivity contribution is 6.17. The minimum Gasteiger partial charge on any atom is -0.462 e. The average Bonchev–Trinajstić information content (AvgIpc) is 2.33. The number of hydrogen-bond acceptors (Lipinski definition) is 4. The number of halogens is 1. The first-order chi connectivity index (χ1) is 8.95. The van der Waals surface area contributed by atoms with E-state index in [2.05, 4.69) is 42.6 Å². The van der Waals surface area contributed by atoms with Crippen LogP contribution in [0.1, 0.15) is 39.0 Å². The molecule has 19 heavy (non-hydrogen) atoms. The molecule has 0 saturated heterocycles. The van der Waals surface area contributed by atoms with Crippen LogP contribution in [0.4, 0.5) is 0 Å². The molecule has 0 radical (unpaired) electrons. The molecule has 0 fully saturated rings. The molecule has 0 atom stereocenters. The van der Waals surface area contributed by atoms with E-state index in [1.165, 1.54) is 0 Å². The summed E-state index contributed by atoms with van der Waals surface area (Å²) in [7, 11) is 0. The molecule has 0 aromatic carbocycles. The van der Waals surface area contributed by atoms with Gasteiger partial charge in [0.15, 0.2) is 0 Å². The molecule has 0 aliphatic carbocycles. The van der Waals surface area contributed by atoms with Gasteiger partial charge < -0.3 is 4.74 Å². The lowest BCUT2D eigenvalue weighted by molar-refractivity contribution is 0.138. The Kier molecular flexibility index (Phi) is 6.52. The van der Waals surface area contributed by atoms with E-state index in [0.717, 1.165) is 17.8 Å². The standard InChI is InChI=1S/C14H24ClN3O/c1-10(2)18(11(3)4)6-7-19-14-16-9-13(8-15)12(5)17-14/h9-11H,6-8H2,1-5H3. The van der Waals surface area contributed by atoms with E-state index in [9.17, 15) is 0 Å². The van der Waals surface area contributed by atoms with Gasteiger partial charge in [-0.3, -0.25) is 4.90 Å². The van der Waals surface area contributed by atoms with Gasteiger partial charge in [-0.15, -0.1) is 11.6 Å². The summed E-state index contributed by atoms with van der Waals surface area (Å²) < 4.78 is 5.61. The third kappa shape index (κ3) is 4.96. The number of alkyl halides is 1. The molecule has 0 spiro atoms. The molecule has 0 bridgehead atoms. The first-order valence-corrected chi connectivity index (χ1v) is 7.26. The van der Waals surface area contributed by atoms with E-state index in [1.54, 1.807) is 6.20 Å². The highest BCUT2D eigenvalue weighted by Gasteiger charge is 2.13. The fraction of sp³-hybridized carbons (Fsp3) is 0.714. The Hall–Kier alpha value is -0.870. The van der Waals surface area contributed by atoms with Crippen LogP contribution in [0.15, 0.2) is 6.20 Å². The predicted molar refractivity (Wildman–Crippen MR) is 78.8 cm³/mol. The summed E-state index contributed by atoms with van der Waals surface area (Å²) in [6.07, 6.45) is 1.73. The van der Waals surface area contributed by atoms with Gasteiger partial charge in [0, 0.05) is 36.1 Å². The van der Waals surface area contributed by atoms with Crippen LogP contribution in [0.3, 0.4) is 0 Å². The lowest BCUT2D eigenvalue weighted by Crippen LogP contribution is -2.39. The molecule has 108 valence electrons. The number of hydrogen-bond donors (Lipinski definition) is 0. The Labute approximate surface area is 121 Å². The van der Waals surface area contributed by atoms with E-state index in [0.29, 0.717) is 30.6 Å². The number of ether oxygens (including phenoxy) is 1. The lowest BCUT2D eigenvalue weighted by atomic mass is 10.2. The van der Waals surface area contributed by atoms with Crippen LogP contribution >= 0.6 is 11.6 Å². The Balaban J connectivity index is 2.51. The molecule has 5 heteroatoms. The summed E-state index contributed by atoms with van der Waals surface area (Å²) in [5.41, 5.74) is 1.82. The number of aryl methyl sites for hydroxylation is 1. The van der Waals surface area contributed by atoms with Crippen molar-refractivity contribution in [3.63, 3.8) is 0 Å². The quantitative estimate of drug-likeness (QED) is 0.722. The van der Waals surface area contributed by atoms with E-state index < -0.39 is 0 Å². The summed E-state index contributed by atoms with van der Waals surface area (Å²) in [4.78, 5) is 10.8. The van der Waals surface area contributed by atoms with Gasteiger partial charge >= 0.3 is 6.01 Å². The normalized spacial score (nSPS) is 11.6. The molecular formula is C14H24ClN3O. The fourth-order valence-corrected chi connectivity index (χ4v) is 2.29. The molecule has 0 unspecified atom stereocenters. The molecule has 1 heterocycles. The summed E-state index contributed by atoms with van der Waals surface area (Å²) in [6, 6.07) is 1.44. The largest absolute Gasteiger partial charge is 0.462 e. The second-order valence-corrected chi connectivity index (χ2v) is 5.44. The van der Waals surface area contributed by atoms with Gasteiger partial charge in [-0.1, -0.05) is 0 Å². The summed E-state index contributed by atoms with van der Waals surface area (Å²) >= 11 is 5.77. The maximum Gasteiger partial charge on any atom is 0.316 e. The molecular weight excluding hydrogens is 262 g/mol. The predicted octanol–water partition coefficient (Wildman–Crippen LogP) is 3.02. The zero-order chi connectivity index (χ0) is 14.4. The van der Waals surface area contributed by atoms with E-state index in [1.807, 2.05) is 6.92 Å². The van der Waals surface area contributed by atoms with Gasteiger partial charge in [-0.05, 0) is 34.6 Å².